The number of hydrogen-bond donors (Lipinski definition) is 1. The lowest BCUT2D eigenvalue weighted by Gasteiger charge is -2.21. The zero-order valence-corrected chi connectivity index (χ0v) is 13.5. The van der Waals surface area contributed by atoms with Crippen molar-refractivity contribution >= 4 is 5.69 Å². The van der Waals surface area contributed by atoms with E-state index >= 15 is 0 Å². The lowest BCUT2D eigenvalue weighted by Crippen LogP contribution is -2.21. The van der Waals surface area contributed by atoms with Gasteiger partial charge in [0.15, 0.2) is 0 Å². The fourth-order valence-corrected chi connectivity index (χ4v) is 2.24. The van der Waals surface area contributed by atoms with Crippen LogP contribution in [-0.2, 0) is 11.3 Å². The van der Waals surface area contributed by atoms with Gasteiger partial charge in [0.25, 0.3) is 0 Å². The highest BCUT2D eigenvalue weighted by atomic mass is 16.5. The Balaban J connectivity index is 2.63. The molecule has 1 N–H and O–H groups in total. The lowest BCUT2D eigenvalue weighted by atomic mass is 10.1. The van der Waals surface area contributed by atoms with Crippen LogP contribution in [0, 0.1) is 11.3 Å². The molecule has 0 saturated heterocycles. The normalized spacial score (nSPS) is 10.4. The number of hydrogen-bond acceptors (Lipinski definition) is 4. The molecule has 0 bridgehead atoms. The predicted octanol–water partition coefficient (Wildman–Crippen LogP) is 2.92. The summed E-state index contributed by atoms with van der Waals surface area (Å²) in [6.45, 7) is 5.47. The van der Waals surface area contributed by atoms with Gasteiger partial charge in [0, 0.05) is 33.8 Å². The van der Waals surface area contributed by atoms with E-state index in [-0.39, 0.29) is 0 Å². The van der Waals surface area contributed by atoms with E-state index in [4.69, 9.17) is 4.74 Å². The lowest BCUT2D eigenvalue weighted by molar-refractivity contribution is 0.199. The molecule has 0 aliphatic heterocycles. The van der Waals surface area contributed by atoms with Crippen molar-refractivity contribution in [1.82, 2.24) is 5.32 Å². The van der Waals surface area contributed by atoms with Gasteiger partial charge >= 0.3 is 0 Å². The van der Waals surface area contributed by atoms with Gasteiger partial charge in [-0.2, -0.15) is 5.26 Å². The number of nitrogens with one attached hydrogen (secondary N) is 1. The summed E-state index contributed by atoms with van der Waals surface area (Å²) >= 11 is 0. The van der Waals surface area contributed by atoms with Gasteiger partial charge in [-0.15, -0.1) is 0 Å². The standard InChI is InChI=1S/C17H27N3O/c1-4-5-6-10-20(2)17-8-7-15(12-16(17)13-18)14-19-9-11-21-3/h7-8,12,19H,4-6,9-11,14H2,1-3H3. The van der Waals surface area contributed by atoms with Gasteiger partial charge in [-0.1, -0.05) is 25.8 Å². The zero-order chi connectivity index (χ0) is 15.5. The van der Waals surface area contributed by atoms with E-state index in [0.29, 0.717) is 6.61 Å². The number of nitrogens with zero attached hydrogens (tertiary/aromatic N) is 2. The van der Waals surface area contributed by atoms with Crippen molar-refractivity contribution in [2.45, 2.75) is 32.7 Å². The van der Waals surface area contributed by atoms with Crippen molar-refractivity contribution in [3.05, 3.63) is 29.3 Å². The number of anilines is 1. The molecule has 0 fully saturated rings. The second-order valence-corrected chi connectivity index (χ2v) is 5.26. The Kier molecular flexibility index (Phi) is 8.49. The smallest absolute Gasteiger partial charge is 0.101 e. The van der Waals surface area contributed by atoms with Crippen molar-refractivity contribution in [1.29, 1.82) is 5.26 Å². The summed E-state index contributed by atoms with van der Waals surface area (Å²) in [4.78, 5) is 2.18. The van der Waals surface area contributed by atoms with Crippen LogP contribution in [-0.4, -0.2) is 33.9 Å². The summed E-state index contributed by atoms with van der Waals surface area (Å²) in [5.74, 6) is 0. The molecule has 1 rings (SSSR count). The Morgan fingerprint density at radius 1 is 1.33 bits per heavy atom. The molecule has 0 atom stereocenters. The maximum atomic E-state index is 9.36. The highest BCUT2D eigenvalue weighted by Gasteiger charge is 2.08. The summed E-state index contributed by atoms with van der Waals surface area (Å²) in [7, 11) is 3.75. The molecular formula is C17H27N3O. The third-order valence-electron chi connectivity index (χ3n) is 3.50. The van der Waals surface area contributed by atoms with Gasteiger partial charge in [0.2, 0.25) is 0 Å². The highest BCUT2D eigenvalue weighted by Crippen LogP contribution is 2.21. The number of methoxy groups -OCH3 is 1. The van der Waals surface area contributed by atoms with Crippen LogP contribution in [0.15, 0.2) is 18.2 Å². The Morgan fingerprint density at radius 3 is 2.81 bits per heavy atom. The molecule has 0 spiro atoms. The number of ether oxygens (including phenoxy) is 1. The summed E-state index contributed by atoms with van der Waals surface area (Å²) in [5.41, 5.74) is 2.91. The highest BCUT2D eigenvalue weighted by molar-refractivity contribution is 5.60. The predicted molar refractivity (Wildman–Crippen MR) is 87.5 cm³/mol. The van der Waals surface area contributed by atoms with E-state index in [2.05, 4.69) is 42.4 Å². The molecule has 1 aromatic carbocycles. The number of benzene rings is 1. The topological polar surface area (TPSA) is 48.3 Å². The molecule has 4 nitrogen and oxygen atoms in total. The first kappa shape index (κ1) is 17.5. The summed E-state index contributed by atoms with van der Waals surface area (Å²) in [5, 5.41) is 12.7. The molecule has 116 valence electrons. The van der Waals surface area contributed by atoms with Crippen LogP contribution < -0.4 is 10.2 Å². The summed E-state index contributed by atoms with van der Waals surface area (Å²) < 4.78 is 5.00. The van der Waals surface area contributed by atoms with Gasteiger partial charge < -0.3 is 15.0 Å². The van der Waals surface area contributed by atoms with E-state index in [9.17, 15) is 5.26 Å². The van der Waals surface area contributed by atoms with E-state index in [1.807, 2.05) is 6.07 Å². The van der Waals surface area contributed by atoms with Gasteiger partial charge in [-0.05, 0) is 24.1 Å². The van der Waals surface area contributed by atoms with Crippen LogP contribution in [0.2, 0.25) is 0 Å². The molecular weight excluding hydrogens is 262 g/mol. The first-order valence-electron chi connectivity index (χ1n) is 7.66. The van der Waals surface area contributed by atoms with E-state index in [0.717, 1.165) is 42.9 Å². The quantitative estimate of drug-likeness (QED) is 0.673. The first-order valence-corrected chi connectivity index (χ1v) is 7.66. The average molecular weight is 289 g/mol. The largest absolute Gasteiger partial charge is 0.383 e. The minimum Gasteiger partial charge on any atom is -0.383 e. The monoisotopic (exact) mass is 289 g/mol. The molecule has 0 aliphatic carbocycles. The van der Waals surface area contributed by atoms with Crippen LogP contribution >= 0.6 is 0 Å². The molecule has 0 heterocycles. The van der Waals surface area contributed by atoms with Crippen molar-refractivity contribution in [3.8, 4) is 6.07 Å². The Labute approximate surface area is 128 Å². The van der Waals surface area contributed by atoms with Gasteiger partial charge in [0.05, 0.1) is 17.9 Å². The minimum absolute atomic E-state index is 0.698. The SMILES string of the molecule is CCCCCN(C)c1ccc(CNCCOC)cc1C#N. The molecule has 0 radical (unpaired) electrons. The molecule has 0 aliphatic rings. The third-order valence-corrected chi connectivity index (χ3v) is 3.50. The summed E-state index contributed by atoms with van der Waals surface area (Å²) in [6.07, 6.45) is 3.61. The van der Waals surface area contributed by atoms with Crippen LogP contribution in [0.1, 0.15) is 37.3 Å². The third kappa shape index (κ3) is 6.16. The minimum atomic E-state index is 0.698. The maximum Gasteiger partial charge on any atom is 0.101 e. The first-order chi connectivity index (χ1) is 10.2. The van der Waals surface area contributed by atoms with Crippen LogP contribution in [0.3, 0.4) is 0 Å². The average Bonchev–Trinajstić information content (AvgIpc) is 2.51. The van der Waals surface area contributed by atoms with Crippen molar-refractivity contribution in [3.63, 3.8) is 0 Å². The fourth-order valence-electron chi connectivity index (χ4n) is 2.24. The molecule has 0 aromatic heterocycles. The fraction of sp³-hybridized carbons (Fsp3) is 0.588. The Morgan fingerprint density at radius 2 is 2.14 bits per heavy atom. The molecule has 1 aromatic rings. The van der Waals surface area contributed by atoms with Crippen LogP contribution in [0.4, 0.5) is 5.69 Å². The number of rotatable bonds is 10. The van der Waals surface area contributed by atoms with Gasteiger partial charge in [0.1, 0.15) is 6.07 Å². The second-order valence-electron chi connectivity index (χ2n) is 5.26. The molecule has 4 heteroatoms. The molecule has 21 heavy (non-hydrogen) atoms. The van der Waals surface area contributed by atoms with E-state index in [1.54, 1.807) is 7.11 Å². The number of unbranched alkanes of at least 4 members (excludes halogenated alkanes) is 2. The van der Waals surface area contributed by atoms with Gasteiger partial charge in [-0.25, -0.2) is 0 Å². The van der Waals surface area contributed by atoms with Crippen molar-refractivity contribution in [2.75, 3.05) is 38.8 Å². The van der Waals surface area contributed by atoms with Crippen molar-refractivity contribution < 1.29 is 4.74 Å². The van der Waals surface area contributed by atoms with Gasteiger partial charge in [-0.3, -0.25) is 0 Å². The Hall–Kier alpha value is -1.57. The molecule has 0 unspecified atom stereocenters. The van der Waals surface area contributed by atoms with Crippen LogP contribution in [0.5, 0.6) is 0 Å². The summed E-state index contributed by atoms with van der Waals surface area (Å²) in [6, 6.07) is 8.44. The second kappa shape index (κ2) is 10.2. The zero-order valence-electron chi connectivity index (χ0n) is 13.5. The van der Waals surface area contributed by atoms with Crippen LogP contribution in [0.25, 0.3) is 0 Å². The van der Waals surface area contributed by atoms with E-state index in [1.165, 1.54) is 12.8 Å². The molecule has 0 amide bonds. The van der Waals surface area contributed by atoms with Crippen molar-refractivity contribution in [2.24, 2.45) is 0 Å². The van der Waals surface area contributed by atoms with E-state index < -0.39 is 0 Å². The molecule has 0 saturated carbocycles. The maximum absolute atomic E-state index is 9.36. The number of nitriles is 1. The Bertz CT molecular complexity index is 454.